The molecule has 174 valence electrons. The monoisotopic (exact) mass is 491 g/mol. The number of nitrogens with two attached hydrogens (primary N) is 1. The van der Waals surface area contributed by atoms with Crippen LogP contribution in [0.1, 0.15) is 17.0 Å². The lowest BCUT2D eigenvalue weighted by atomic mass is 10.2. The van der Waals surface area contributed by atoms with Crippen molar-refractivity contribution >= 4 is 39.2 Å². The second-order valence-corrected chi connectivity index (χ2v) is 9.12. The Balaban J connectivity index is 1.71. The number of nitrogens with zero attached hydrogens (tertiary/aromatic N) is 3. The summed E-state index contributed by atoms with van der Waals surface area (Å²) in [6.45, 7) is 3.30. The fourth-order valence-electron chi connectivity index (χ4n) is 2.88. The number of carbonyl (C=O) groups is 1. The van der Waals surface area contributed by atoms with Gasteiger partial charge in [-0.15, -0.1) is 4.83 Å². The summed E-state index contributed by atoms with van der Waals surface area (Å²) < 4.78 is 26.1. The Labute approximate surface area is 195 Å². The zero-order valence-corrected chi connectivity index (χ0v) is 19.4. The smallest absolute Gasteiger partial charge is 0.295 e. The molecule has 13 heteroatoms. The number of pyridine rings is 1. The van der Waals surface area contributed by atoms with Gasteiger partial charge in [-0.1, -0.05) is 29.8 Å². The average Bonchev–Trinajstić information content (AvgIpc) is 2.75. The van der Waals surface area contributed by atoms with Crippen molar-refractivity contribution in [1.29, 1.82) is 0 Å². The van der Waals surface area contributed by atoms with Crippen molar-refractivity contribution in [3.8, 4) is 0 Å². The Morgan fingerprint density at radius 2 is 1.91 bits per heavy atom. The number of aromatic nitrogens is 3. The van der Waals surface area contributed by atoms with Crippen LogP contribution in [0.3, 0.4) is 0 Å². The number of nitrogens with one attached hydrogen (secondary N) is 3. The molecule has 2 heterocycles. The predicted octanol–water partition coefficient (Wildman–Crippen LogP) is 1.11. The van der Waals surface area contributed by atoms with Crippen LogP contribution in [0.15, 0.2) is 52.3 Å². The van der Waals surface area contributed by atoms with Crippen LogP contribution in [-0.4, -0.2) is 28.9 Å². The molecule has 2 aromatic heterocycles. The topological polar surface area (TPSA) is 161 Å². The average molecular weight is 492 g/mol. The van der Waals surface area contributed by atoms with Crippen LogP contribution >= 0.6 is 11.6 Å². The molecule has 0 aliphatic carbocycles. The van der Waals surface area contributed by atoms with Gasteiger partial charge >= 0.3 is 0 Å². The maximum atomic E-state index is 12.8. The van der Waals surface area contributed by atoms with Gasteiger partial charge in [0.05, 0.1) is 5.02 Å². The summed E-state index contributed by atoms with van der Waals surface area (Å²) in [4.78, 5) is 35.2. The third-order valence-corrected chi connectivity index (χ3v) is 6.43. The van der Waals surface area contributed by atoms with E-state index in [4.69, 9.17) is 17.3 Å². The number of anilines is 2. The summed E-state index contributed by atoms with van der Waals surface area (Å²) in [6, 6.07) is 9.23. The maximum absolute atomic E-state index is 12.8. The number of sulfonamides is 1. The lowest BCUT2D eigenvalue weighted by molar-refractivity contribution is -0.121. The standard InChI is InChI=1S/C20H22ClN7O4S/c1-12-9-24-19(26-27-33(31,32)16-6-4-3-5-15(16)21)20(30)28(12)11-18(29)23-10-14-7-8-17(22)25-13(14)2/h3-9,27H,10-11H2,1-2H3,(H2,22,25)(H,23,29)(H,24,26). The fraction of sp³-hybridized carbons (Fsp3) is 0.200. The number of benzene rings is 1. The number of amides is 1. The summed E-state index contributed by atoms with van der Waals surface area (Å²) in [5.41, 5.74) is 9.13. The van der Waals surface area contributed by atoms with Crippen LogP contribution in [0.25, 0.3) is 0 Å². The molecule has 0 fully saturated rings. The van der Waals surface area contributed by atoms with E-state index in [1.54, 1.807) is 32.0 Å². The molecule has 33 heavy (non-hydrogen) atoms. The van der Waals surface area contributed by atoms with Gasteiger partial charge in [-0.2, -0.15) is 0 Å². The van der Waals surface area contributed by atoms with Crippen molar-refractivity contribution in [2.75, 3.05) is 11.2 Å². The van der Waals surface area contributed by atoms with Crippen LogP contribution < -0.4 is 26.9 Å². The van der Waals surface area contributed by atoms with E-state index in [0.717, 1.165) is 5.56 Å². The second-order valence-electron chi connectivity index (χ2n) is 7.06. The van der Waals surface area contributed by atoms with Gasteiger partial charge in [0, 0.05) is 24.1 Å². The highest BCUT2D eigenvalue weighted by Gasteiger charge is 2.19. The minimum Gasteiger partial charge on any atom is -0.384 e. The van der Waals surface area contributed by atoms with E-state index >= 15 is 0 Å². The number of hydrogen-bond donors (Lipinski definition) is 4. The highest BCUT2D eigenvalue weighted by molar-refractivity contribution is 7.89. The van der Waals surface area contributed by atoms with E-state index in [-0.39, 0.29) is 28.8 Å². The van der Waals surface area contributed by atoms with Crippen LogP contribution in [0.4, 0.5) is 11.6 Å². The van der Waals surface area contributed by atoms with Crippen molar-refractivity contribution in [2.24, 2.45) is 0 Å². The molecule has 0 radical (unpaired) electrons. The first-order valence-electron chi connectivity index (χ1n) is 9.66. The van der Waals surface area contributed by atoms with E-state index in [0.29, 0.717) is 17.2 Å². The summed E-state index contributed by atoms with van der Waals surface area (Å²) in [5, 5.41) is 2.74. The molecule has 0 unspecified atom stereocenters. The molecule has 0 aliphatic heterocycles. The zero-order valence-electron chi connectivity index (χ0n) is 17.8. The molecule has 0 saturated carbocycles. The largest absolute Gasteiger partial charge is 0.384 e. The number of carbonyl (C=O) groups excluding carboxylic acids is 1. The Kier molecular flexibility index (Phi) is 7.31. The van der Waals surface area contributed by atoms with Gasteiger partial charge in [-0.25, -0.2) is 18.4 Å². The van der Waals surface area contributed by atoms with Crippen molar-refractivity contribution in [1.82, 2.24) is 24.7 Å². The van der Waals surface area contributed by atoms with Crippen molar-refractivity contribution in [2.45, 2.75) is 31.8 Å². The summed E-state index contributed by atoms with van der Waals surface area (Å²) in [7, 11) is -4.07. The molecule has 0 saturated heterocycles. The molecule has 11 nitrogen and oxygen atoms in total. The van der Waals surface area contributed by atoms with Crippen LogP contribution in [-0.2, 0) is 27.9 Å². The molecule has 0 aliphatic rings. The van der Waals surface area contributed by atoms with Crippen LogP contribution in [0.2, 0.25) is 5.02 Å². The maximum Gasteiger partial charge on any atom is 0.295 e. The Morgan fingerprint density at radius 1 is 1.18 bits per heavy atom. The van der Waals surface area contributed by atoms with E-state index < -0.39 is 21.5 Å². The van der Waals surface area contributed by atoms with E-state index in [9.17, 15) is 18.0 Å². The van der Waals surface area contributed by atoms with Gasteiger partial charge in [0.1, 0.15) is 17.3 Å². The SMILES string of the molecule is Cc1nc(N)ccc1CNC(=O)Cn1c(C)cnc(NNS(=O)(=O)c2ccccc2Cl)c1=O. The third kappa shape index (κ3) is 5.86. The molecular formula is C20H22ClN7O4S. The van der Waals surface area contributed by atoms with Crippen molar-refractivity contribution in [3.63, 3.8) is 0 Å². The predicted molar refractivity (Wildman–Crippen MR) is 124 cm³/mol. The fourth-order valence-corrected chi connectivity index (χ4v) is 4.24. The molecular weight excluding hydrogens is 470 g/mol. The molecule has 1 aromatic carbocycles. The Bertz CT molecular complexity index is 1360. The van der Waals surface area contributed by atoms with Crippen molar-refractivity contribution in [3.05, 3.63) is 74.9 Å². The second kappa shape index (κ2) is 9.98. The van der Waals surface area contributed by atoms with Crippen LogP contribution in [0, 0.1) is 13.8 Å². The molecule has 1 amide bonds. The Morgan fingerprint density at radius 3 is 2.61 bits per heavy atom. The lowest BCUT2D eigenvalue weighted by Crippen LogP contribution is -2.38. The molecule has 3 aromatic rings. The van der Waals surface area contributed by atoms with Gasteiger partial charge in [0.15, 0.2) is 0 Å². The lowest BCUT2D eigenvalue weighted by Gasteiger charge is -2.14. The van der Waals surface area contributed by atoms with Crippen LogP contribution in [0.5, 0.6) is 0 Å². The molecule has 5 N–H and O–H groups in total. The summed E-state index contributed by atoms with van der Waals surface area (Å²) in [6.07, 6.45) is 1.34. The molecule has 0 spiro atoms. The van der Waals surface area contributed by atoms with Gasteiger partial charge in [0.2, 0.25) is 11.7 Å². The molecule has 0 bridgehead atoms. The first kappa shape index (κ1) is 24.2. The number of nitrogen functional groups attached to an aromatic ring is 1. The third-order valence-electron chi connectivity index (χ3n) is 4.68. The highest BCUT2D eigenvalue weighted by atomic mass is 35.5. The zero-order chi connectivity index (χ0) is 24.2. The highest BCUT2D eigenvalue weighted by Crippen LogP contribution is 2.20. The summed E-state index contributed by atoms with van der Waals surface area (Å²) in [5.74, 6) is -0.348. The number of aryl methyl sites for hydroxylation is 2. The van der Waals surface area contributed by atoms with Gasteiger partial charge in [0.25, 0.3) is 15.6 Å². The summed E-state index contributed by atoms with van der Waals surface area (Å²) >= 11 is 5.93. The number of hydrogen-bond acceptors (Lipinski definition) is 8. The molecule has 3 rings (SSSR count). The first-order valence-corrected chi connectivity index (χ1v) is 11.5. The molecule has 0 atom stereocenters. The van der Waals surface area contributed by atoms with Gasteiger partial charge in [-0.05, 0) is 37.6 Å². The van der Waals surface area contributed by atoms with E-state index in [2.05, 4.69) is 25.5 Å². The van der Waals surface area contributed by atoms with E-state index in [1.165, 1.54) is 29.0 Å². The number of halogens is 1. The normalized spacial score (nSPS) is 11.2. The minimum atomic E-state index is -4.07. The number of rotatable bonds is 8. The van der Waals surface area contributed by atoms with Gasteiger partial charge in [-0.3, -0.25) is 19.6 Å². The van der Waals surface area contributed by atoms with Crippen molar-refractivity contribution < 1.29 is 13.2 Å². The van der Waals surface area contributed by atoms with E-state index in [1.807, 2.05) is 0 Å². The number of hydrazine groups is 1. The first-order chi connectivity index (χ1) is 15.6. The quantitative estimate of drug-likeness (QED) is 0.341. The Hall–Kier alpha value is -3.48. The van der Waals surface area contributed by atoms with Gasteiger partial charge < -0.3 is 11.1 Å². The minimum absolute atomic E-state index is 0.0179.